The molecule has 0 saturated carbocycles. The van der Waals surface area contributed by atoms with Crippen LogP contribution in [0.5, 0.6) is 11.5 Å². The number of ether oxygens (including phenoxy) is 1. The number of carbonyl (C=O) groups is 2. The summed E-state index contributed by atoms with van der Waals surface area (Å²) in [6, 6.07) is 49.4. The highest BCUT2D eigenvalue weighted by molar-refractivity contribution is 5.95. The third-order valence-corrected chi connectivity index (χ3v) is 10.1. The number of rotatable bonds is 10. The number of nitrogens with two attached hydrogens (primary N) is 4. The summed E-state index contributed by atoms with van der Waals surface area (Å²) in [4.78, 5) is 24.5. The first-order valence-corrected chi connectivity index (χ1v) is 20.3. The van der Waals surface area contributed by atoms with Crippen LogP contribution >= 0.6 is 0 Å². The number of hydrogen-bond donors (Lipinski definition) is 8. The van der Waals surface area contributed by atoms with Crippen LogP contribution in [0, 0.1) is 13.8 Å². The second kappa shape index (κ2) is 20.9. The summed E-state index contributed by atoms with van der Waals surface area (Å²) < 4.78 is 4.89. The zero-order chi connectivity index (χ0) is 44.9. The number of nitrogen functional groups attached to an aromatic ring is 4. The molecule has 0 atom stereocenters. The van der Waals surface area contributed by atoms with Crippen LogP contribution in [0.2, 0.25) is 0 Å². The second-order valence-electron chi connectivity index (χ2n) is 15.2. The van der Waals surface area contributed by atoms with Crippen LogP contribution in [0.15, 0.2) is 158 Å². The Balaban J connectivity index is 0.000000173. The zero-order valence-electron chi connectivity index (χ0n) is 35.3. The Labute approximate surface area is 366 Å². The summed E-state index contributed by atoms with van der Waals surface area (Å²) in [6.07, 6.45) is -0.578. The predicted molar refractivity (Wildman–Crippen MR) is 257 cm³/mol. The molecule has 11 heteroatoms. The lowest BCUT2D eigenvalue weighted by atomic mass is 10.0. The van der Waals surface area contributed by atoms with Crippen molar-refractivity contribution < 1.29 is 24.5 Å². The molecule has 0 aliphatic carbocycles. The van der Waals surface area contributed by atoms with Crippen molar-refractivity contribution in [2.45, 2.75) is 39.8 Å². The smallest absolute Gasteiger partial charge is 0.318 e. The molecule has 0 heterocycles. The Kier molecular flexibility index (Phi) is 14.7. The summed E-state index contributed by atoms with van der Waals surface area (Å²) in [5.41, 5.74) is 33.3. The van der Waals surface area contributed by atoms with Crippen LogP contribution in [0.4, 0.5) is 34.1 Å². The minimum atomic E-state index is -0.812. The molecule has 0 bridgehead atoms. The van der Waals surface area contributed by atoms with Crippen molar-refractivity contribution in [3.8, 4) is 11.5 Å². The molecule has 0 aliphatic heterocycles. The molecular weight excluding hydrogens is 789 g/mol. The van der Waals surface area contributed by atoms with Gasteiger partial charge in [0.05, 0.1) is 12.8 Å². The predicted octanol–water partition coefficient (Wildman–Crippen LogP) is 9.80. The third-order valence-electron chi connectivity index (χ3n) is 10.1. The molecule has 0 aliphatic rings. The minimum Gasteiger partial charge on any atom is -0.507 e. The fourth-order valence-electron chi connectivity index (χ4n) is 6.72. The molecule has 63 heavy (non-hydrogen) atoms. The number of phenolic OH excluding ortho intramolecular Hbond substituents is 2. The molecule has 0 unspecified atom stereocenters. The highest BCUT2D eigenvalue weighted by Gasteiger charge is 2.18. The normalized spacial score (nSPS) is 10.5. The van der Waals surface area contributed by atoms with Gasteiger partial charge in [-0.05, 0) is 120 Å². The topological polar surface area (TPSA) is 212 Å². The van der Waals surface area contributed by atoms with Crippen molar-refractivity contribution in [3.05, 3.63) is 191 Å². The molecule has 320 valence electrons. The number of esters is 2. The highest BCUT2D eigenvalue weighted by Crippen LogP contribution is 2.32. The second-order valence-corrected chi connectivity index (χ2v) is 15.2. The maximum atomic E-state index is 12.3. The first-order chi connectivity index (χ1) is 30.3. The fraction of sp³-hybridized carbons (Fsp3) is 0.115. The first-order valence-electron chi connectivity index (χ1n) is 20.3. The van der Waals surface area contributed by atoms with Crippen LogP contribution in [-0.2, 0) is 40.3 Å². The van der Waals surface area contributed by atoms with Gasteiger partial charge in [-0.2, -0.15) is 0 Å². The molecule has 8 rings (SSSR count). The number of anilines is 6. The fourth-order valence-corrected chi connectivity index (χ4v) is 6.72. The van der Waals surface area contributed by atoms with Gasteiger partial charge in [-0.15, -0.1) is 0 Å². The SMILES string of the molecule is Cc1cccc(NCc2ccc(N)cc2)c1.Cc1cccc(NCc2ccc(N)cc2)c1.Nc1ccc2ccc(CC(=O)OC(=O)Cc3ccc4ccc(N)cc4c3O)c(O)c2c1. The van der Waals surface area contributed by atoms with Gasteiger partial charge < -0.3 is 48.5 Å². The van der Waals surface area contributed by atoms with Gasteiger partial charge in [-0.1, -0.05) is 84.9 Å². The molecule has 0 spiro atoms. The van der Waals surface area contributed by atoms with Crippen molar-refractivity contribution in [2.75, 3.05) is 33.6 Å². The molecule has 0 aromatic heterocycles. The highest BCUT2D eigenvalue weighted by atomic mass is 16.6. The Morgan fingerprint density at radius 2 is 0.841 bits per heavy atom. The zero-order valence-corrected chi connectivity index (χ0v) is 35.3. The van der Waals surface area contributed by atoms with E-state index in [-0.39, 0.29) is 24.3 Å². The number of aryl methyl sites for hydroxylation is 2. The average molecular weight is 841 g/mol. The minimum absolute atomic E-state index is 0.0843. The maximum absolute atomic E-state index is 12.3. The quantitative estimate of drug-likeness (QED) is 0.0369. The van der Waals surface area contributed by atoms with Gasteiger partial charge in [0.15, 0.2) is 0 Å². The number of carbonyl (C=O) groups excluding carboxylic acids is 2. The lowest BCUT2D eigenvalue weighted by Gasteiger charge is -2.10. The van der Waals surface area contributed by atoms with Gasteiger partial charge >= 0.3 is 11.9 Å². The summed E-state index contributed by atoms with van der Waals surface area (Å²) in [7, 11) is 0. The number of phenols is 2. The Hall–Kier alpha value is -8.18. The van der Waals surface area contributed by atoms with E-state index in [0.29, 0.717) is 33.3 Å². The number of nitrogens with one attached hydrogen (secondary N) is 2. The van der Waals surface area contributed by atoms with Crippen molar-refractivity contribution in [3.63, 3.8) is 0 Å². The van der Waals surface area contributed by atoms with Gasteiger partial charge in [-0.25, -0.2) is 0 Å². The largest absolute Gasteiger partial charge is 0.507 e. The van der Waals surface area contributed by atoms with Crippen LogP contribution in [0.25, 0.3) is 21.5 Å². The van der Waals surface area contributed by atoms with Crippen molar-refractivity contribution >= 4 is 67.6 Å². The maximum Gasteiger partial charge on any atom is 0.318 e. The van der Waals surface area contributed by atoms with Crippen LogP contribution in [-0.4, -0.2) is 22.2 Å². The van der Waals surface area contributed by atoms with E-state index >= 15 is 0 Å². The van der Waals surface area contributed by atoms with Gasteiger partial charge in [0, 0.05) is 69.1 Å². The number of hydrogen-bond acceptors (Lipinski definition) is 11. The van der Waals surface area contributed by atoms with Crippen LogP contribution in [0.3, 0.4) is 0 Å². The molecule has 0 saturated heterocycles. The van der Waals surface area contributed by atoms with Crippen molar-refractivity contribution in [1.29, 1.82) is 0 Å². The van der Waals surface area contributed by atoms with E-state index in [4.69, 9.17) is 27.7 Å². The van der Waals surface area contributed by atoms with Crippen molar-refractivity contribution in [1.82, 2.24) is 0 Å². The molecule has 0 radical (unpaired) electrons. The van der Waals surface area contributed by atoms with Crippen LogP contribution < -0.4 is 33.6 Å². The van der Waals surface area contributed by atoms with E-state index < -0.39 is 11.9 Å². The van der Waals surface area contributed by atoms with Crippen LogP contribution in [0.1, 0.15) is 33.4 Å². The standard InChI is InChI=1S/C24H20N2O5.2C14H16N2/c25-17-7-5-13-1-3-15(23(29)19(13)11-17)9-21(27)31-22(28)10-16-4-2-14-6-8-18(26)12-20(14)24(16)30;2*1-11-3-2-4-14(9-11)16-10-12-5-7-13(15)8-6-12/h1-8,11-12,29-30H,9-10,25-26H2;2*2-9,16H,10,15H2,1H3. The van der Waals surface area contributed by atoms with E-state index in [2.05, 4.69) is 73.0 Å². The summed E-state index contributed by atoms with van der Waals surface area (Å²) in [5.74, 6) is -1.79. The van der Waals surface area contributed by atoms with E-state index in [0.717, 1.165) is 46.6 Å². The summed E-state index contributed by atoms with van der Waals surface area (Å²) in [5, 5.41) is 30.2. The third kappa shape index (κ3) is 12.9. The Morgan fingerprint density at radius 3 is 1.22 bits per heavy atom. The number of benzene rings is 8. The lowest BCUT2D eigenvalue weighted by Crippen LogP contribution is -2.16. The summed E-state index contributed by atoms with van der Waals surface area (Å²) in [6.45, 7) is 5.83. The molecule has 11 nitrogen and oxygen atoms in total. The molecular formula is C52H52N6O5. The van der Waals surface area contributed by atoms with Crippen molar-refractivity contribution in [2.24, 2.45) is 0 Å². The van der Waals surface area contributed by atoms with Gasteiger partial charge in [0.2, 0.25) is 0 Å². The monoisotopic (exact) mass is 840 g/mol. The average Bonchev–Trinajstić information content (AvgIpc) is 3.26. The molecule has 0 amide bonds. The van der Waals surface area contributed by atoms with Gasteiger partial charge in [-0.3, -0.25) is 9.59 Å². The molecule has 8 aromatic rings. The molecule has 8 aromatic carbocycles. The molecule has 12 N–H and O–H groups in total. The lowest BCUT2D eigenvalue weighted by molar-refractivity contribution is -0.158. The van der Waals surface area contributed by atoms with Gasteiger partial charge in [0.25, 0.3) is 0 Å². The molecule has 0 fully saturated rings. The van der Waals surface area contributed by atoms with E-state index in [9.17, 15) is 19.8 Å². The number of fused-ring (bicyclic) bond motifs is 2. The Bertz CT molecular complexity index is 2650. The number of aromatic hydroxyl groups is 2. The first kappa shape index (κ1) is 44.4. The van der Waals surface area contributed by atoms with E-state index in [1.807, 2.05) is 48.5 Å². The van der Waals surface area contributed by atoms with E-state index in [1.54, 1.807) is 60.7 Å². The Morgan fingerprint density at radius 1 is 0.476 bits per heavy atom. The summed E-state index contributed by atoms with van der Waals surface area (Å²) >= 11 is 0. The van der Waals surface area contributed by atoms with E-state index in [1.165, 1.54) is 22.3 Å². The van der Waals surface area contributed by atoms with Gasteiger partial charge in [0.1, 0.15) is 11.5 Å².